The van der Waals surface area contributed by atoms with Crippen molar-refractivity contribution in [3.8, 4) is 5.75 Å². The number of halogens is 1. The summed E-state index contributed by atoms with van der Waals surface area (Å²) in [5.41, 5.74) is 7.49. The van der Waals surface area contributed by atoms with Crippen LogP contribution in [0.1, 0.15) is 194 Å². The van der Waals surface area contributed by atoms with Crippen molar-refractivity contribution in [1.82, 2.24) is 0 Å². The van der Waals surface area contributed by atoms with Crippen LogP contribution in [-0.2, 0) is 19.3 Å². The lowest BCUT2D eigenvalue weighted by Gasteiger charge is -2.17. The first kappa shape index (κ1) is 64.5. The third-order valence-corrected chi connectivity index (χ3v) is 11.1. The van der Waals surface area contributed by atoms with Crippen molar-refractivity contribution < 1.29 is 9.15 Å². The van der Waals surface area contributed by atoms with Crippen molar-refractivity contribution in [2.75, 3.05) is 7.11 Å². The zero-order chi connectivity index (χ0) is 52.0. The van der Waals surface area contributed by atoms with E-state index in [0.29, 0.717) is 29.1 Å². The van der Waals surface area contributed by atoms with E-state index >= 15 is 0 Å². The Morgan fingerprint density at radius 1 is 0.478 bits per heavy atom. The zero-order valence-corrected chi connectivity index (χ0v) is 47.6. The first-order valence-electron chi connectivity index (χ1n) is 26.2. The molecule has 5 aromatic carbocycles. The fraction of sp³-hybridized carbons (Fsp3) is 0.485. The van der Waals surface area contributed by atoms with Crippen molar-refractivity contribution >= 4 is 11.6 Å². The smallest absolute Gasteiger partial charge is 0.118 e. The van der Waals surface area contributed by atoms with E-state index in [-0.39, 0.29) is 0 Å². The first-order chi connectivity index (χ1) is 32.7. The summed E-state index contributed by atoms with van der Waals surface area (Å²) in [6, 6.07) is 52.0. The molecule has 2 nitrogen and oxygen atoms in total. The maximum atomic E-state index is 5.72. The Hall–Kier alpha value is -4.53. The van der Waals surface area contributed by atoms with E-state index in [1.807, 2.05) is 42.5 Å². The van der Waals surface area contributed by atoms with Crippen LogP contribution in [0.2, 0.25) is 5.02 Å². The van der Waals surface area contributed by atoms with Crippen LogP contribution >= 0.6 is 11.6 Å². The number of hydrogen-bond acceptors (Lipinski definition) is 2. The van der Waals surface area contributed by atoms with Crippen molar-refractivity contribution in [2.24, 2.45) is 23.2 Å². The van der Waals surface area contributed by atoms with E-state index < -0.39 is 0 Å². The third kappa shape index (κ3) is 38.0. The van der Waals surface area contributed by atoms with Crippen molar-refractivity contribution in [1.29, 1.82) is 0 Å². The predicted molar refractivity (Wildman–Crippen MR) is 309 cm³/mol. The van der Waals surface area contributed by atoms with Crippen LogP contribution < -0.4 is 4.74 Å². The van der Waals surface area contributed by atoms with Gasteiger partial charge in [0.05, 0.1) is 13.4 Å². The minimum absolute atomic E-state index is 0.481. The number of aryl methyl sites for hydroxylation is 1. The lowest BCUT2D eigenvalue weighted by molar-refractivity contribution is 0.365. The van der Waals surface area contributed by atoms with Crippen LogP contribution in [0, 0.1) is 23.2 Å². The fourth-order valence-corrected chi connectivity index (χ4v) is 6.80. The molecule has 0 saturated carbocycles. The molecule has 0 aliphatic heterocycles. The van der Waals surface area contributed by atoms with Crippen molar-refractivity contribution in [3.05, 3.63) is 197 Å². The molecule has 0 aliphatic rings. The second-order valence-corrected chi connectivity index (χ2v) is 21.8. The number of unbranched alkanes of at least 4 members (excludes halogenated alkanes) is 1. The van der Waals surface area contributed by atoms with Crippen LogP contribution in [0.25, 0.3) is 0 Å². The third-order valence-electron chi connectivity index (χ3n) is 10.8. The SMILES string of the molecule is CC(C)(C)CCCc1ccccc1.CC(C)Cc1ccccc1.CC(C)Cc1ccco1.CC(C)c1ccc(Cl)cc1.CC(C)c1ccccc1.CCCCC(C)C.COc1ccc(C(C)C)cc1. The highest BCUT2D eigenvalue weighted by Crippen LogP contribution is 2.22. The highest BCUT2D eigenvalue weighted by molar-refractivity contribution is 6.30. The van der Waals surface area contributed by atoms with Crippen molar-refractivity contribution in [3.63, 3.8) is 0 Å². The Balaban J connectivity index is 0.000000787. The maximum absolute atomic E-state index is 5.72. The molecule has 0 bridgehead atoms. The van der Waals surface area contributed by atoms with Gasteiger partial charge in [-0.25, -0.2) is 0 Å². The molecular formula is C66H99ClO2. The summed E-state index contributed by atoms with van der Waals surface area (Å²) in [5, 5.41) is 0.810. The van der Waals surface area contributed by atoms with Crippen LogP contribution in [0.5, 0.6) is 5.75 Å². The highest BCUT2D eigenvalue weighted by Gasteiger charge is 2.09. The number of furan rings is 1. The summed E-state index contributed by atoms with van der Waals surface area (Å²) in [5.74, 6) is 6.22. The van der Waals surface area contributed by atoms with Gasteiger partial charge in [0, 0.05) is 11.4 Å². The standard InChI is InChI=1S/C13H20.C10H14O.C10H14.C9H11Cl.C9H12.C8H12O.C7H16/c1-13(2,3)11-7-10-12-8-5-4-6-9-12;1-8(2)9-4-6-10(11-3)7-5-9;1-9(2)8-10-6-4-3-5-7-10;1-7(2)8-3-5-9(10)6-4-8;1-8(2)9-6-4-3-5-7-9;1-7(2)6-8-4-3-5-9-8;1-4-5-6-7(2)3/h4-6,8-9H,7,10-11H2,1-3H3;4-8H,1-3H3;3-7,9H,8H2,1-2H3;3-7H,1-2H3;3-8H,1-2H3;3-5,7H,6H2,1-2H3;7H,4-6H2,1-3H3. The molecular weight excluding hydrogens is 860 g/mol. The number of benzene rings is 5. The van der Waals surface area contributed by atoms with Gasteiger partial charge in [-0.1, -0.05) is 257 Å². The number of hydrogen-bond donors (Lipinski definition) is 0. The predicted octanol–water partition coefficient (Wildman–Crippen LogP) is 21.3. The van der Waals surface area contributed by atoms with Gasteiger partial charge in [-0.05, 0) is 131 Å². The molecule has 0 amide bonds. The normalized spacial score (nSPS) is 10.6. The van der Waals surface area contributed by atoms with E-state index in [9.17, 15) is 0 Å². The lowest BCUT2D eigenvalue weighted by Crippen LogP contribution is -2.04. The molecule has 6 aromatic rings. The van der Waals surface area contributed by atoms with E-state index in [1.54, 1.807) is 13.4 Å². The largest absolute Gasteiger partial charge is 0.497 e. The highest BCUT2D eigenvalue weighted by atomic mass is 35.5. The van der Waals surface area contributed by atoms with Crippen LogP contribution in [0.3, 0.4) is 0 Å². The summed E-state index contributed by atoms with van der Waals surface area (Å²) in [7, 11) is 1.68. The van der Waals surface area contributed by atoms with E-state index in [2.05, 4.69) is 220 Å². The summed E-state index contributed by atoms with van der Waals surface area (Å²) in [4.78, 5) is 0. The lowest BCUT2D eigenvalue weighted by atomic mass is 9.89. The van der Waals surface area contributed by atoms with Gasteiger partial charge in [-0.3, -0.25) is 0 Å². The molecule has 6 rings (SSSR count). The molecule has 0 N–H and O–H groups in total. The summed E-state index contributed by atoms with van der Waals surface area (Å²) in [6.45, 7) is 35.7. The second-order valence-electron chi connectivity index (χ2n) is 21.4. The summed E-state index contributed by atoms with van der Waals surface area (Å²) >= 11 is 5.72. The number of ether oxygens (including phenoxy) is 1. The molecule has 0 fully saturated rings. The Morgan fingerprint density at radius 2 is 0.913 bits per heavy atom. The minimum atomic E-state index is 0.481. The van der Waals surface area contributed by atoms with Gasteiger partial charge >= 0.3 is 0 Å². The van der Waals surface area contributed by atoms with Crippen LogP contribution in [-0.4, -0.2) is 7.11 Å². The molecule has 0 aliphatic carbocycles. The second kappa shape index (κ2) is 39.2. The van der Waals surface area contributed by atoms with Gasteiger partial charge in [0.1, 0.15) is 11.5 Å². The van der Waals surface area contributed by atoms with Gasteiger partial charge in [-0.15, -0.1) is 0 Å². The molecule has 1 aromatic heterocycles. The van der Waals surface area contributed by atoms with E-state index in [1.165, 1.54) is 72.8 Å². The topological polar surface area (TPSA) is 22.4 Å². The van der Waals surface area contributed by atoms with Gasteiger partial charge < -0.3 is 9.15 Å². The molecule has 382 valence electrons. The minimum Gasteiger partial charge on any atom is -0.497 e. The molecule has 0 atom stereocenters. The molecule has 0 saturated heterocycles. The molecule has 1 heterocycles. The maximum Gasteiger partial charge on any atom is 0.118 e. The van der Waals surface area contributed by atoms with Gasteiger partial charge in [0.2, 0.25) is 0 Å². The molecule has 0 spiro atoms. The molecule has 69 heavy (non-hydrogen) atoms. The Morgan fingerprint density at radius 3 is 1.26 bits per heavy atom. The Labute approximate surface area is 431 Å². The average Bonchev–Trinajstić information content (AvgIpc) is 3.83. The first-order valence-corrected chi connectivity index (χ1v) is 26.6. The average molecular weight is 960 g/mol. The Bertz CT molecular complexity index is 1970. The number of methoxy groups -OCH3 is 1. The van der Waals surface area contributed by atoms with Crippen LogP contribution in [0.4, 0.5) is 0 Å². The monoisotopic (exact) mass is 959 g/mol. The summed E-state index contributed by atoms with van der Waals surface area (Å²) in [6.07, 6.45) is 11.9. The van der Waals surface area contributed by atoms with E-state index in [0.717, 1.165) is 34.8 Å². The molecule has 0 unspecified atom stereocenters. The zero-order valence-electron chi connectivity index (χ0n) is 46.8. The molecule has 0 radical (unpaired) electrons. The fourth-order valence-electron chi connectivity index (χ4n) is 6.67. The van der Waals surface area contributed by atoms with Crippen LogP contribution in [0.15, 0.2) is 162 Å². The molecule has 3 heteroatoms. The van der Waals surface area contributed by atoms with Gasteiger partial charge in [-0.2, -0.15) is 0 Å². The van der Waals surface area contributed by atoms with E-state index in [4.69, 9.17) is 20.8 Å². The number of rotatable bonds is 14. The van der Waals surface area contributed by atoms with Gasteiger partial charge in [0.15, 0.2) is 0 Å². The van der Waals surface area contributed by atoms with Gasteiger partial charge in [0.25, 0.3) is 0 Å². The summed E-state index contributed by atoms with van der Waals surface area (Å²) < 4.78 is 10.2. The quantitative estimate of drug-likeness (QED) is 0.109. The van der Waals surface area contributed by atoms with Crippen molar-refractivity contribution in [2.45, 2.75) is 180 Å². The Kier molecular flexibility index (Phi) is 36.6.